The Balaban J connectivity index is 1.63. The van der Waals surface area contributed by atoms with Crippen LogP contribution < -0.4 is 0 Å². The molecule has 138 valence electrons. The van der Waals surface area contributed by atoms with Crippen molar-refractivity contribution in [1.82, 2.24) is 9.55 Å². The molecule has 0 aliphatic rings. The zero-order valence-electron chi connectivity index (χ0n) is 15.9. The van der Waals surface area contributed by atoms with Gasteiger partial charge >= 0.3 is 0 Å². The van der Waals surface area contributed by atoms with Crippen LogP contribution in [0, 0.1) is 0 Å². The molecule has 0 radical (unpaired) electrons. The Morgan fingerprint density at radius 1 is 0.414 bits per heavy atom. The SMILES string of the molecule is c1ccc(-c2ccc(-c3ccc(-c4ccncc4)cc3)n2-c2ccccc2)cc1. The van der Waals surface area contributed by atoms with Gasteiger partial charge in [-0.2, -0.15) is 0 Å². The third kappa shape index (κ3) is 3.37. The summed E-state index contributed by atoms with van der Waals surface area (Å²) in [5.74, 6) is 0. The van der Waals surface area contributed by atoms with E-state index in [4.69, 9.17) is 0 Å². The molecule has 0 unspecified atom stereocenters. The summed E-state index contributed by atoms with van der Waals surface area (Å²) >= 11 is 0. The van der Waals surface area contributed by atoms with Crippen LogP contribution in [0.1, 0.15) is 0 Å². The fourth-order valence-corrected chi connectivity index (χ4v) is 3.73. The second-order valence-electron chi connectivity index (χ2n) is 6.95. The summed E-state index contributed by atoms with van der Waals surface area (Å²) in [7, 11) is 0. The van der Waals surface area contributed by atoms with Crippen LogP contribution >= 0.6 is 0 Å². The Kier molecular flexibility index (Phi) is 4.51. The molecule has 5 rings (SSSR count). The molecule has 0 saturated carbocycles. The molecule has 2 nitrogen and oxygen atoms in total. The second kappa shape index (κ2) is 7.61. The number of nitrogens with zero attached hydrogens (tertiary/aromatic N) is 2. The summed E-state index contributed by atoms with van der Waals surface area (Å²) in [5, 5.41) is 0. The lowest BCUT2D eigenvalue weighted by Gasteiger charge is -2.14. The first-order valence-corrected chi connectivity index (χ1v) is 9.73. The van der Waals surface area contributed by atoms with Crippen LogP contribution in [0.4, 0.5) is 0 Å². The molecule has 0 amide bonds. The lowest BCUT2D eigenvalue weighted by molar-refractivity contribution is 1.09. The molecule has 0 bridgehead atoms. The van der Waals surface area contributed by atoms with Gasteiger partial charge in [0.25, 0.3) is 0 Å². The molecule has 0 fully saturated rings. The molecule has 0 aliphatic heterocycles. The van der Waals surface area contributed by atoms with Crippen molar-refractivity contribution in [3.05, 3.63) is 122 Å². The molecule has 5 aromatic rings. The first kappa shape index (κ1) is 17.2. The normalized spacial score (nSPS) is 10.8. The van der Waals surface area contributed by atoms with Crippen LogP contribution in [-0.2, 0) is 0 Å². The lowest BCUT2D eigenvalue weighted by Crippen LogP contribution is -1.99. The zero-order valence-corrected chi connectivity index (χ0v) is 15.9. The molecular weight excluding hydrogens is 352 g/mol. The highest BCUT2D eigenvalue weighted by molar-refractivity contribution is 5.75. The first-order chi connectivity index (χ1) is 14.4. The average Bonchev–Trinajstić information content (AvgIpc) is 3.26. The molecule has 2 aromatic heterocycles. The summed E-state index contributed by atoms with van der Waals surface area (Å²) in [6.45, 7) is 0. The van der Waals surface area contributed by atoms with Gasteiger partial charge in [0, 0.05) is 18.1 Å². The van der Waals surface area contributed by atoms with Crippen molar-refractivity contribution >= 4 is 0 Å². The van der Waals surface area contributed by atoms with Crippen LogP contribution in [0.3, 0.4) is 0 Å². The molecule has 0 saturated heterocycles. The number of pyridine rings is 1. The van der Waals surface area contributed by atoms with Gasteiger partial charge in [0.2, 0.25) is 0 Å². The summed E-state index contributed by atoms with van der Waals surface area (Å²) in [6, 6.07) is 38.3. The molecule has 0 aliphatic carbocycles. The Hall–Kier alpha value is -3.91. The number of rotatable bonds is 4. The molecule has 2 heteroatoms. The number of aromatic nitrogens is 2. The average molecular weight is 372 g/mol. The molecule has 2 heterocycles. The fourth-order valence-electron chi connectivity index (χ4n) is 3.73. The van der Waals surface area contributed by atoms with E-state index in [1.54, 1.807) is 0 Å². The Morgan fingerprint density at radius 3 is 1.52 bits per heavy atom. The molecule has 0 N–H and O–H groups in total. The number of hydrogen-bond donors (Lipinski definition) is 0. The molecular formula is C27H20N2. The highest BCUT2D eigenvalue weighted by Gasteiger charge is 2.13. The van der Waals surface area contributed by atoms with Crippen molar-refractivity contribution in [2.24, 2.45) is 0 Å². The minimum atomic E-state index is 1.16. The fraction of sp³-hybridized carbons (Fsp3) is 0. The number of benzene rings is 3. The quantitative estimate of drug-likeness (QED) is 0.336. The predicted molar refractivity (Wildman–Crippen MR) is 120 cm³/mol. The third-order valence-electron chi connectivity index (χ3n) is 5.16. The minimum absolute atomic E-state index is 1.16. The van der Waals surface area contributed by atoms with E-state index in [1.807, 2.05) is 24.5 Å². The topological polar surface area (TPSA) is 17.8 Å². The van der Waals surface area contributed by atoms with E-state index in [0.717, 1.165) is 5.69 Å². The maximum Gasteiger partial charge on any atom is 0.0535 e. The molecule has 3 aromatic carbocycles. The summed E-state index contributed by atoms with van der Waals surface area (Å²) < 4.78 is 2.33. The maximum absolute atomic E-state index is 4.11. The largest absolute Gasteiger partial charge is 0.309 e. The van der Waals surface area contributed by atoms with Gasteiger partial charge in [-0.25, -0.2) is 0 Å². The van der Waals surface area contributed by atoms with Crippen molar-refractivity contribution < 1.29 is 0 Å². The van der Waals surface area contributed by atoms with Crippen LogP contribution in [0.2, 0.25) is 0 Å². The van der Waals surface area contributed by atoms with Crippen molar-refractivity contribution in [3.8, 4) is 39.3 Å². The highest BCUT2D eigenvalue weighted by atomic mass is 15.0. The van der Waals surface area contributed by atoms with Gasteiger partial charge in [0.15, 0.2) is 0 Å². The van der Waals surface area contributed by atoms with E-state index in [1.165, 1.54) is 33.6 Å². The summed E-state index contributed by atoms with van der Waals surface area (Å²) in [6.07, 6.45) is 3.66. The number of para-hydroxylation sites is 1. The lowest BCUT2D eigenvalue weighted by atomic mass is 10.0. The van der Waals surface area contributed by atoms with Gasteiger partial charge in [0.1, 0.15) is 0 Å². The van der Waals surface area contributed by atoms with Crippen LogP contribution in [-0.4, -0.2) is 9.55 Å². The van der Waals surface area contributed by atoms with Gasteiger partial charge in [-0.05, 0) is 58.7 Å². The monoisotopic (exact) mass is 372 g/mol. The van der Waals surface area contributed by atoms with E-state index < -0.39 is 0 Å². The van der Waals surface area contributed by atoms with E-state index >= 15 is 0 Å². The van der Waals surface area contributed by atoms with Crippen LogP contribution in [0.15, 0.2) is 122 Å². The Morgan fingerprint density at radius 2 is 0.897 bits per heavy atom. The highest BCUT2D eigenvalue weighted by Crippen LogP contribution is 2.33. The van der Waals surface area contributed by atoms with Crippen LogP contribution in [0.25, 0.3) is 39.3 Å². The molecule has 29 heavy (non-hydrogen) atoms. The number of hydrogen-bond acceptors (Lipinski definition) is 1. The molecule has 0 atom stereocenters. The van der Waals surface area contributed by atoms with Gasteiger partial charge < -0.3 is 4.57 Å². The predicted octanol–water partition coefficient (Wildman–Crippen LogP) is 6.87. The summed E-state index contributed by atoms with van der Waals surface area (Å²) in [5.41, 5.74) is 8.28. The Labute approximate surface area is 170 Å². The van der Waals surface area contributed by atoms with E-state index in [0.29, 0.717) is 0 Å². The van der Waals surface area contributed by atoms with Gasteiger partial charge in [-0.3, -0.25) is 4.98 Å². The van der Waals surface area contributed by atoms with E-state index in [9.17, 15) is 0 Å². The minimum Gasteiger partial charge on any atom is -0.309 e. The maximum atomic E-state index is 4.11. The smallest absolute Gasteiger partial charge is 0.0535 e. The van der Waals surface area contributed by atoms with E-state index in [-0.39, 0.29) is 0 Å². The first-order valence-electron chi connectivity index (χ1n) is 9.73. The van der Waals surface area contributed by atoms with Crippen LogP contribution in [0.5, 0.6) is 0 Å². The van der Waals surface area contributed by atoms with Gasteiger partial charge in [-0.15, -0.1) is 0 Å². The third-order valence-corrected chi connectivity index (χ3v) is 5.16. The van der Waals surface area contributed by atoms with Gasteiger partial charge in [-0.1, -0.05) is 72.8 Å². The Bertz CT molecular complexity index is 1210. The van der Waals surface area contributed by atoms with Gasteiger partial charge in [0.05, 0.1) is 11.4 Å². The molecule has 0 spiro atoms. The van der Waals surface area contributed by atoms with Crippen molar-refractivity contribution in [1.29, 1.82) is 0 Å². The van der Waals surface area contributed by atoms with Crippen molar-refractivity contribution in [2.45, 2.75) is 0 Å². The van der Waals surface area contributed by atoms with E-state index in [2.05, 4.69) is 107 Å². The second-order valence-corrected chi connectivity index (χ2v) is 6.95. The standard InChI is InChI=1S/C27H20N2/c1-3-7-23(8-4-1)26-15-16-27(29(26)25-9-5-2-6-10-25)24-13-11-21(12-14-24)22-17-19-28-20-18-22/h1-20H. The van der Waals surface area contributed by atoms with Crippen molar-refractivity contribution in [2.75, 3.05) is 0 Å². The zero-order chi connectivity index (χ0) is 19.5. The summed E-state index contributed by atoms with van der Waals surface area (Å²) in [4.78, 5) is 4.11. The van der Waals surface area contributed by atoms with Crippen molar-refractivity contribution in [3.63, 3.8) is 0 Å².